The van der Waals surface area contributed by atoms with Gasteiger partial charge in [-0.05, 0) is 41.5 Å². The van der Waals surface area contributed by atoms with Crippen LogP contribution in [-0.4, -0.2) is 21.8 Å². The third kappa shape index (κ3) is 5.33. The second-order valence-corrected chi connectivity index (χ2v) is 12.4. The highest BCUT2D eigenvalue weighted by molar-refractivity contribution is 6.42. The number of allylic oxidation sites excluding steroid dienone is 4. The number of ketones is 2. The highest BCUT2D eigenvalue weighted by atomic mass is 16.3. The van der Waals surface area contributed by atoms with Crippen LogP contribution in [0.2, 0.25) is 0 Å². The van der Waals surface area contributed by atoms with Gasteiger partial charge in [0.2, 0.25) is 34.0 Å². The molecule has 0 fully saturated rings. The van der Waals surface area contributed by atoms with Gasteiger partial charge in [0.05, 0.1) is 22.3 Å². The van der Waals surface area contributed by atoms with Crippen LogP contribution in [0.5, 0.6) is 0 Å². The number of carbonyl (C=O) groups is 2. The maximum absolute atomic E-state index is 13.5. The van der Waals surface area contributed by atoms with Crippen LogP contribution in [0, 0.1) is 0 Å². The quantitative estimate of drug-likeness (QED) is 0.120. The van der Waals surface area contributed by atoms with E-state index in [1.807, 2.05) is 48.5 Å². The van der Waals surface area contributed by atoms with Crippen molar-refractivity contribution in [2.45, 2.75) is 52.6 Å². The summed E-state index contributed by atoms with van der Waals surface area (Å²) in [5.74, 6) is -0.656. The molecule has 238 valence electrons. The summed E-state index contributed by atoms with van der Waals surface area (Å²) in [6.45, 7) is 5.89. The van der Waals surface area contributed by atoms with Crippen molar-refractivity contribution in [3.63, 3.8) is 0 Å². The van der Waals surface area contributed by atoms with Crippen molar-refractivity contribution in [1.82, 2.24) is 0 Å². The number of carbonyl (C=O) groups excluding carboxylic acids is 2. The maximum Gasteiger partial charge on any atom is 0.212 e. The Balaban J connectivity index is 1.21. The zero-order valence-electron chi connectivity index (χ0n) is 27.2. The number of rotatable bonds is 10. The number of para-hydroxylation sites is 2. The third-order valence-electron chi connectivity index (χ3n) is 9.37. The molecular formula is C42H38N2O4+2. The van der Waals surface area contributed by atoms with E-state index < -0.39 is 0 Å². The Morgan fingerprint density at radius 1 is 0.562 bits per heavy atom. The summed E-state index contributed by atoms with van der Waals surface area (Å²) in [6, 6.07) is 31.2. The summed E-state index contributed by atoms with van der Waals surface area (Å²) < 4.78 is 4.38. The van der Waals surface area contributed by atoms with Crippen molar-refractivity contribution in [2.24, 2.45) is 0 Å². The molecule has 5 aromatic rings. The van der Waals surface area contributed by atoms with Gasteiger partial charge in [-0.2, -0.15) is 9.13 Å². The molecule has 0 radical (unpaired) electrons. The van der Waals surface area contributed by atoms with E-state index in [-0.39, 0.29) is 45.4 Å². The van der Waals surface area contributed by atoms with E-state index in [9.17, 15) is 19.8 Å². The number of aromatic nitrogens is 2. The first-order valence-electron chi connectivity index (χ1n) is 16.7. The van der Waals surface area contributed by atoms with Crippen LogP contribution in [0.25, 0.3) is 45.1 Å². The SMILES string of the molecule is CCCC[n+]1c(/C=C2/C(=O)C(c3cccc(C4=C(O)/C(=C\c5ccc6ccccc6[n+]5CCCC)C4=O)c3)=C2O)ccc2ccccc21. The normalized spacial score (nSPS) is 16.4. The molecule has 3 aromatic carbocycles. The van der Waals surface area contributed by atoms with Gasteiger partial charge in [-0.1, -0.05) is 69.2 Å². The van der Waals surface area contributed by atoms with Crippen LogP contribution in [0.1, 0.15) is 62.0 Å². The molecule has 0 unspecified atom stereocenters. The van der Waals surface area contributed by atoms with Gasteiger partial charge in [-0.15, -0.1) is 0 Å². The van der Waals surface area contributed by atoms with Crippen molar-refractivity contribution < 1.29 is 28.9 Å². The first-order valence-corrected chi connectivity index (χ1v) is 16.7. The lowest BCUT2D eigenvalue weighted by atomic mass is 9.79. The highest BCUT2D eigenvalue weighted by Crippen LogP contribution is 2.41. The number of unbranched alkanes of at least 4 members (excludes halogenated alkanes) is 2. The fourth-order valence-corrected chi connectivity index (χ4v) is 6.71. The molecule has 0 bridgehead atoms. The fourth-order valence-electron chi connectivity index (χ4n) is 6.71. The molecule has 48 heavy (non-hydrogen) atoms. The molecule has 2 aromatic heterocycles. The van der Waals surface area contributed by atoms with E-state index in [1.54, 1.807) is 36.4 Å². The van der Waals surface area contributed by atoms with Gasteiger partial charge in [0.15, 0.2) is 0 Å². The van der Waals surface area contributed by atoms with Gasteiger partial charge in [0.25, 0.3) is 0 Å². The Hall–Kier alpha value is -5.62. The zero-order chi connectivity index (χ0) is 33.4. The molecule has 0 spiro atoms. The topological polar surface area (TPSA) is 82.4 Å². The molecule has 0 atom stereocenters. The van der Waals surface area contributed by atoms with Crippen molar-refractivity contribution in [2.75, 3.05) is 0 Å². The summed E-state index contributed by atoms with van der Waals surface area (Å²) in [5.41, 5.74) is 5.79. The zero-order valence-corrected chi connectivity index (χ0v) is 27.2. The fraction of sp³-hybridized carbons (Fsp3) is 0.190. The van der Waals surface area contributed by atoms with Gasteiger partial charge in [-0.3, -0.25) is 9.59 Å². The van der Waals surface area contributed by atoms with Gasteiger partial charge in [0.1, 0.15) is 24.6 Å². The smallest absolute Gasteiger partial charge is 0.212 e. The molecule has 2 N–H and O–H groups in total. The van der Waals surface area contributed by atoms with Crippen molar-refractivity contribution in [3.05, 3.63) is 142 Å². The van der Waals surface area contributed by atoms with Gasteiger partial charge >= 0.3 is 0 Å². The van der Waals surface area contributed by atoms with Gasteiger partial charge in [-0.25, -0.2) is 0 Å². The number of benzene rings is 3. The van der Waals surface area contributed by atoms with E-state index in [2.05, 4.69) is 47.2 Å². The van der Waals surface area contributed by atoms with E-state index >= 15 is 0 Å². The Morgan fingerprint density at radius 3 is 1.42 bits per heavy atom. The van der Waals surface area contributed by atoms with Crippen molar-refractivity contribution in [3.8, 4) is 0 Å². The molecule has 2 heterocycles. The van der Waals surface area contributed by atoms with E-state index in [4.69, 9.17) is 0 Å². The molecule has 6 nitrogen and oxygen atoms in total. The third-order valence-corrected chi connectivity index (χ3v) is 9.37. The molecule has 0 saturated carbocycles. The number of aliphatic hydroxyl groups excluding tert-OH is 2. The largest absolute Gasteiger partial charge is 0.506 e. The summed E-state index contributed by atoms with van der Waals surface area (Å²) >= 11 is 0. The summed E-state index contributed by atoms with van der Waals surface area (Å²) in [6.07, 6.45) is 7.56. The van der Waals surface area contributed by atoms with Crippen molar-refractivity contribution >= 4 is 56.7 Å². The predicted molar refractivity (Wildman–Crippen MR) is 190 cm³/mol. The van der Waals surface area contributed by atoms with Crippen LogP contribution in [0.3, 0.4) is 0 Å². The number of nitrogens with zero attached hydrogens (tertiary/aromatic N) is 2. The molecule has 6 heteroatoms. The predicted octanol–water partition coefficient (Wildman–Crippen LogP) is 8.04. The number of fused-ring (bicyclic) bond motifs is 2. The number of aryl methyl sites for hydroxylation is 2. The summed E-state index contributed by atoms with van der Waals surface area (Å²) in [4.78, 5) is 27.0. The first kappa shape index (κ1) is 31.0. The average Bonchev–Trinajstić information content (AvgIpc) is 3.11. The molecule has 2 aliphatic carbocycles. The van der Waals surface area contributed by atoms with Gasteiger partial charge < -0.3 is 10.2 Å². The number of pyridine rings is 2. The standard InChI is InChI=1S/C42H36N2O4/c1-3-5-22-43-31(20-18-27-12-7-9-16-35(27)43)25-33-39(45)37(40(33)46)29-14-11-15-30(24-29)38-41(47)34(42(38)48)26-32-21-19-28-13-8-10-17-36(28)44(32)23-6-4-2/h7-21,24-26H,3-6,22-23H2,1-2H3/p+2. The van der Waals surface area contributed by atoms with Crippen LogP contribution < -0.4 is 9.13 Å². The lowest BCUT2D eigenvalue weighted by Crippen LogP contribution is -2.38. The Bertz CT molecular complexity index is 2110. The van der Waals surface area contributed by atoms with Crippen LogP contribution in [0.15, 0.2) is 120 Å². The van der Waals surface area contributed by atoms with Gasteiger partial charge in [0, 0.05) is 60.0 Å². The molecular weight excluding hydrogens is 596 g/mol. The monoisotopic (exact) mass is 634 g/mol. The minimum atomic E-state index is -0.258. The lowest BCUT2D eigenvalue weighted by molar-refractivity contribution is -0.673. The van der Waals surface area contributed by atoms with Crippen LogP contribution in [0.4, 0.5) is 0 Å². The number of aliphatic hydroxyl groups is 2. The Labute approximate surface area is 279 Å². The number of hydrogen-bond donors (Lipinski definition) is 2. The minimum Gasteiger partial charge on any atom is -0.506 e. The molecule has 0 aliphatic heterocycles. The highest BCUT2D eigenvalue weighted by Gasteiger charge is 2.38. The first-order chi connectivity index (χ1) is 23.4. The Morgan fingerprint density at radius 2 is 1.00 bits per heavy atom. The maximum atomic E-state index is 13.5. The van der Waals surface area contributed by atoms with E-state index in [0.29, 0.717) is 11.1 Å². The van der Waals surface area contributed by atoms with E-state index in [0.717, 1.165) is 72.0 Å². The summed E-state index contributed by atoms with van der Waals surface area (Å²) in [7, 11) is 0. The van der Waals surface area contributed by atoms with Crippen LogP contribution in [-0.2, 0) is 22.7 Å². The van der Waals surface area contributed by atoms with Crippen LogP contribution >= 0.6 is 0 Å². The van der Waals surface area contributed by atoms with E-state index in [1.165, 1.54) is 0 Å². The average molecular weight is 635 g/mol. The summed E-state index contributed by atoms with van der Waals surface area (Å²) in [5, 5.41) is 24.5. The minimum absolute atomic E-state index is 0.0704. The second-order valence-electron chi connectivity index (χ2n) is 12.4. The lowest BCUT2D eigenvalue weighted by Gasteiger charge is -2.24. The number of Topliss-reactive ketones (excluding diaryl/α,β-unsaturated/α-hetero) is 2. The molecule has 2 aliphatic rings. The molecule has 0 saturated heterocycles. The number of hydrogen-bond acceptors (Lipinski definition) is 4. The molecule has 0 amide bonds. The molecule has 7 rings (SSSR count). The Kier molecular flexibility index (Phi) is 8.32. The second kappa shape index (κ2) is 12.9. The van der Waals surface area contributed by atoms with Crippen molar-refractivity contribution in [1.29, 1.82) is 0 Å².